The third-order valence-electron chi connectivity index (χ3n) is 2.64. The number of para-hydroxylation sites is 1. The van der Waals surface area contributed by atoms with Crippen molar-refractivity contribution in [2.75, 3.05) is 11.9 Å². The van der Waals surface area contributed by atoms with Crippen molar-refractivity contribution >= 4 is 11.5 Å². The summed E-state index contributed by atoms with van der Waals surface area (Å²) in [6.07, 6.45) is 1.77. The summed E-state index contributed by atoms with van der Waals surface area (Å²) in [4.78, 5) is 12.4. The molecule has 2 heteroatoms. The van der Waals surface area contributed by atoms with Gasteiger partial charge in [-0.05, 0) is 12.1 Å². The number of hydrogen-bond donors (Lipinski definition) is 1. The maximum Gasteiger partial charge on any atom is 0.195 e. The fourth-order valence-electron chi connectivity index (χ4n) is 1.76. The van der Waals surface area contributed by atoms with Crippen molar-refractivity contribution < 1.29 is 4.79 Å². The third kappa shape index (κ3) is 2.66. The fourth-order valence-corrected chi connectivity index (χ4v) is 1.76. The molecule has 0 aliphatic carbocycles. The topological polar surface area (TPSA) is 29.1 Å². The van der Waals surface area contributed by atoms with Crippen molar-refractivity contribution in [1.29, 1.82) is 0 Å². The summed E-state index contributed by atoms with van der Waals surface area (Å²) in [5.41, 5.74) is 2.22. The van der Waals surface area contributed by atoms with E-state index in [2.05, 4.69) is 11.9 Å². The average molecular weight is 237 g/mol. The van der Waals surface area contributed by atoms with Gasteiger partial charge in [0.25, 0.3) is 0 Å². The SMILES string of the molecule is C=CCNc1ccccc1C(=O)c1ccccc1. The standard InChI is InChI=1S/C16H15NO/c1-2-12-17-15-11-7-6-10-14(15)16(18)13-8-4-3-5-9-13/h2-11,17H,1,12H2. The van der Waals surface area contributed by atoms with Crippen LogP contribution in [0.1, 0.15) is 15.9 Å². The molecule has 1 N–H and O–H groups in total. The fraction of sp³-hybridized carbons (Fsp3) is 0.0625. The van der Waals surface area contributed by atoms with E-state index < -0.39 is 0 Å². The van der Waals surface area contributed by atoms with Crippen LogP contribution in [0.2, 0.25) is 0 Å². The van der Waals surface area contributed by atoms with E-state index >= 15 is 0 Å². The minimum atomic E-state index is 0.0303. The maximum atomic E-state index is 12.4. The monoisotopic (exact) mass is 237 g/mol. The van der Waals surface area contributed by atoms with Gasteiger partial charge in [-0.15, -0.1) is 6.58 Å². The van der Waals surface area contributed by atoms with Crippen molar-refractivity contribution in [2.45, 2.75) is 0 Å². The Morgan fingerprint density at radius 1 is 1.06 bits per heavy atom. The Bertz CT molecular complexity index is 546. The minimum absolute atomic E-state index is 0.0303. The van der Waals surface area contributed by atoms with Crippen LogP contribution >= 0.6 is 0 Å². The molecule has 2 nitrogen and oxygen atoms in total. The van der Waals surface area contributed by atoms with E-state index in [4.69, 9.17) is 0 Å². The van der Waals surface area contributed by atoms with Crippen LogP contribution in [0.3, 0.4) is 0 Å². The largest absolute Gasteiger partial charge is 0.381 e. The summed E-state index contributed by atoms with van der Waals surface area (Å²) >= 11 is 0. The second kappa shape index (κ2) is 5.82. The second-order valence-corrected chi connectivity index (χ2v) is 3.91. The van der Waals surface area contributed by atoms with Crippen LogP contribution in [0.5, 0.6) is 0 Å². The summed E-state index contributed by atoms with van der Waals surface area (Å²) in [5, 5.41) is 3.17. The Balaban J connectivity index is 2.33. The number of anilines is 1. The number of ketones is 1. The van der Waals surface area contributed by atoms with Crippen LogP contribution in [0.4, 0.5) is 5.69 Å². The van der Waals surface area contributed by atoms with Gasteiger partial charge in [-0.25, -0.2) is 0 Å². The maximum absolute atomic E-state index is 12.4. The van der Waals surface area contributed by atoms with Crippen LogP contribution in [0, 0.1) is 0 Å². The van der Waals surface area contributed by atoms with Gasteiger partial charge in [0.05, 0.1) is 0 Å². The highest BCUT2D eigenvalue weighted by Crippen LogP contribution is 2.18. The lowest BCUT2D eigenvalue weighted by Gasteiger charge is -2.09. The van der Waals surface area contributed by atoms with E-state index in [1.165, 1.54) is 0 Å². The molecule has 0 unspecified atom stereocenters. The molecular weight excluding hydrogens is 222 g/mol. The zero-order valence-corrected chi connectivity index (χ0v) is 10.1. The predicted octanol–water partition coefficient (Wildman–Crippen LogP) is 3.52. The Labute approximate surface area is 107 Å². The summed E-state index contributed by atoms with van der Waals surface area (Å²) in [5.74, 6) is 0.0303. The lowest BCUT2D eigenvalue weighted by molar-refractivity contribution is 0.103. The molecule has 90 valence electrons. The van der Waals surface area contributed by atoms with E-state index in [-0.39, 0.29) is 5.78 Å². The van der Waals surface area contributed by atoms with Crippen LogP contribution < -0.4 is 5.32 Å². The van der Waals surface area contributed by atoms with Crippen molar-refractivity contribution in [3.63, 3.8) is 0 Å². The molecule has 0 fully saturated rings. The molecule has 0 saturated heterocycles. The molecule has 2 aromatic carbocycles. The van der Waals surface area contributed by atoms with Crippen molar-refractivity contribution in [3.05, 3.63) is 78.4 Å². The number of carbonyl (C=O) groups is 1. The Kier molecular flexibility index (Phi) is 3.92. The third-order valence-corrected chi connectivity index (χ3v) is 2.64. The highest BCUT2D eigenvalue weighted by atomic mass is 16.1. The van der Waals surface area contributed by atoms with Crippen LogP contribution in [-0.2, 0) is 0 Å². The molecule has 0 bridgehead atoms. The first-order valence-electron chi connectivity index (χ1n) is 5.86. The van der Waals surface area contributed by atoms with Gasteiger partial charge in [0.15, 0.2) is 5.78 Å². The van der Waals surface area contributed by atoms with Gasteiger partial charge in [-0.1, -0.05) is 48.5 Å². The van der Waals surface area contributed by atoms with Gasteiger partial charge < -0.3 is 5.32 Å². The molecule has 0 amide bonds. The van der Waals surface area contributed by atoms with E-state index in [1.54, 1.807) is 6.08 Å². The van der Waals surface area contributed by atoms with Crippen LogP contribution in [-0.4, -0.2) is 12.3 Å². The quantitative estimate of drug-likeness (QED) is 0.637. The number of hydrogen-bond acceptors (Lipinski definition) is 2. The lowest BCUT2D eigenvalue weighted by Crippen LogP contribution is -2.07. The minimum Gasteiger partial charge on any atom is -0.381 e. The van der Waals surface area contributed by atoms with Crippen molar-refractivity contribution in [3.8, 4) is 0 Å². The molecule has 0 saturated carbocycles. The first kappa shape index (κ1) is 12.1. The predicted molar refractivity (Wildman–Crippen MR) is 75.0 cm³/mol. The Morgan fingerprint density at radius 2 is 1.72 bits per heavy atom. The summed E-state index contributed by atoms with van der Waals surface area (Å²) in [6.45, 7) is 4.30. The summed E-state index contributed by atoms with van der Waals surface area (Å²) in [6, 6.07) is 16.8. The lowest BCUT2D eigenvalue weighted by atomic mass is 10.0. The first-order chi connectivity index (χ1) is 8.83. The molecule has 2 aromatic rings. The molecule has 0 radical (unpaired) electrons. The number of benzene rings is 2. The summed E-state index contributed by atoms with van der Waals surface area (Å²) in [7, 11) is 0. The molecule has 0 spiro atoms. The Hall–Kier alpha value is -2.35. The summed E-state index contributed by atoms with van der Waals surface area (Å²) < 4.78 is 0. The van der Waals surface area contributed by atoms with Crippen LogP contribution in [0.25, 0.3) is 0 Å². The van der Waals surface area contributed by atoms with E-state index in [0.717, 1.165) is 5.69 Å². The van der Waals surface area contributed by atoms with Crippen molar-refractivity contribution in [1.82, 2.24) is 0 Å². The first-order valence-corrected chi connectivity index (χ1v) is 5.86. The smallest absolute Gasteiger partial charge is 0.195 e. The van der Waals surface area contributed by atoms with Gasteiger partial charge in [0, 0.05) is 23.4 Å². The number of nitrogens with one attached hydrogen (secondary N) is 1. The highest BCUT2D eigenvalue weighted by molar-refractivity contribution is 6.12. The molecule has 2 rings (SSSR count). The molecule has 18 heavy (non-hydrogen) atoms. The van der Waals surface area contributed by atoms with E-state index in [1.807, 2.05) is 54.6 Å². The van der Waals surface area contributed by atoms with E-state index in [0.29, 0.717) is 17.7 Å². The zero-order chi connectivity index (χ0) is 12.8. The Morgan fingerprint density at radius 3 is 2.44 bits per heavy atom. The normalized spacial score (nSPS) is 9.78. The number of carbonyl (C=O) groups excluding carboxylic acids is 1. The van der Waals surface area contributed by atoms with E-state index in [9.17, 15) is 4.79 Å². The zero-order valence-electron chi connectivity index (χ0n) is 10.1. The molecule has 0 aliphatic rings. The average Bonchev–Trinajstić information content (AvgIpc) is 2.45. The van der Waals surface area contributed by atoms with Gasteiger partial charge in [0.2, 0.25) is 0 Å². The highest BCUT2D eigenvalue weighted by Gasteiger charge is 2.12. The van der Waals surface area contributed by atoms with Gasteiger partial charge >= 0.3 is 0 Å². The van der Waals surface area contributed by atoms with Gasteiger partial charge in [0.1, 0.15) is 0 Å². The molecule has 0 atom stereocenters. The number of rotatable bonds is 5. The molecular formula is C16H15NO. The van der Waals surface area contributed by atoms with Gasteiger partial charge in [-0.3, -0.25) is 4.79 Å². The molecule has 0 aliphatic heterocycles. The second-order valence-electron chi connectivity index (χ2n) is 3.91. The van der Waals surface area contributed by atoms with Crippen molar-refractivity contribution in [2.24, 2.45) is 0 Å². The molecule has 0 aromatic heterocycles. The van der Waals surface area contributed by atoms with Gasteiger partial charge in [-0.2, -0.15) is 0 Å². The van der Waals surface area contributed by atoms with Crippen LogP contribution in [0.15, 0.2) is 67.3 Å². The molecule has 0 heterocycles.